The number of hydrogen-bond donors (Lipinski definition) is 1. The van der Waals surface area contributed by atoms with Crippen LogP contribution in [0.15, 0.2) is 0 Å². The smallest absolute Gasteiger partial charge is 0.211 e. The van der Waals surface area contributed by atoms with Crippen LogP contribution in [0, 0.1) is 5.92 Å². The van der Waals surface area contributed by atoms with Gasteiger partial charge in [-0.05, 0) is 5.92 Å². The molecule has 6 heteroatoms. The van der Waals surface area contributed by atoms with E-state index in [4.69, 9.17) is 0 Å². The van der Waals surface area contributed by atoms with E-state index in [9.17, 15) is 13.5 Å². The van der Waals surface area contributed by atoms with Gasteiger partial charge in [0.25, 0.3) is 0 Å². The number of aliphatic hydroxyl groups excluding tert-OH is 1. The summed E-state index contributed by atoms with van der Waals surface area (Å²) in [5.41, 5.74) is 0. The van der Waals surface area contributed by atoms with Gasteiger partial charge in [0.2, 0.25) is 10.0 Å². The fourth-order valence-corrected chi connectivity index (χ4v) is 3.26. The molecule has 1 fully saturated rings. The van der Waals surface area contributed by atoms with Crippen molar-refractivity contribution in [1.29, 1.82) is 0 Å². The van der Waals surface area contributed by atoms with Crippen LogP contribution in [0.4, 0.5) is 0 Å². The maximum atomic E-state index is 11.5. The molecule has 0 saturated carbocycles. The second kappa shape index (κ2) is 5.44. The van der Waals surface area contributed by atoms with Crippen molar-refractivity contribution in [3.05, 3.63) is 0 Å². The highest BCUT2D eigenvalue weighted by Crippen LogP contribution is 2.14. The van der Waals surface area contributed by atoms with Crippen LogP contribution in [0.25, 0.3) is 0 Å². The van der Waals surface area contributed by atoms with E-state index < -0.39 is 10.0 Å². The van der Waals surface area contributed by atoms with E-state index in [1.54, 1.807) is 0 Å². The van der Waals surface area contributed by atoms with Crippen molar-refractivity contribution in [2.24, 2.45) is 5.92 Å². The quantitative estimate of drug-likeness (QED) is 0.736. The van der Waals surface area contributed by atoms with Crippen LogP contribution in [0.5, 0.6) is 0 Å². The molecule has 1 aliphatic rings. The standard InChI is InChI=1S/C10H22N2O3S/c1-9(2)6-11-4-5-12(16(3,14)15)10(7-11)8-13/h9-10,13H,4-8H2,1-3H3. The predicted octanol–water partition coefficient (Wildman–Crippen LogP) is -0.419. The van der Waals surface area contributed by atoms with Crippen molar-refractivity contribution >= 4 is 10.0 Å². The molecule has 5 nitrogen and oxygen atoms in total. The fourth-order valence-electron chi connectivity index (χ4n) is 2.17. The molecule has 0 aromatic carbocycles. The molecule has 0 aliphatic carbocycles. The minimum Gasteiger partial charge on any atom is -0.395 e. The Kier molecular flexibility index (Phi) is 4.73. The van der Waals surface area contributed by atoms with Gasteiger partial charge in [-0.15, -0.1) is 0 Å². The SMILES string of the molecule is CC(C)CN1CCN(S(C)(=O)=O)C(CO)C1. The van der Waals surface area contributed by atoms with E-state index in [0.717, 1.165) is 13.1 Å². The highest BCUT2D eigenvalue weighted by Gasteiger charge is 2.32. The molecule has 1 unspecified atom stereocenters. The molecule has 1 N–H and O–H groups in total. The molecule has 0 aromatic heterocycles. The first kappa shape index (κ1) is 13.9. The predicted molar refractivity (Wildman–Crippen MR) is 63.7 cm³/mol. The van der Waals surface area contributed by atoms with Crippen molar-refractivity contribution in [2.45, 2.75) is 19.9 Å². The maximum Gasteiger partial charge on any atom is 0.211 e. The van der Waals surface area contributed by atoms with Crippen LogP contribution < -0.4 is 0 Å². The second-order valence-corrected chi connectivity index (χ2v) is 6.80. The minimum atomic E-state index is -3.19. The number of piperazine rings is 1. The lowest BCUT2D eigenvalue weighted by Crippen LogP contribution is -2.56. The monoisotopic (exact) mass is 250 g/mol. The van der Waals surface area contributed by atoms with Gasteiger partial charge in [0.1, 0.15) is 0 Å². The largest absolute Gasteiger partial charge is 0.395 e. The molecular formula is C10H22N2O3S. The van der Waals surface area contributed by atoms with Gasteiger partial charge in [-0.1, -0.05) is 13.8 Å². The number of sulfonamides is 1. The average Bonchev–Trinajstić information content (AvgIpc) is 2.14. The Balaban J connectivity index is 2.64. The minimum absolute atomic E-state index is 0.109. The maximum absolute atomic E-state index is 11.5. The van der Waals surface area contributed by atoms with E-state index >= 15 is 0 Å². The van der Waals surface area contributed by atoms with Crippen LogP contribution in [-0.2, 0) is 10.0 Å². The molecule has 0 spiro atoms. The zero-order valence-electron chi connectivity index (χ0n) is 10.3. The molecule has 0 amide bonds. The summed E-state index contributed by atoms with van der Waals surface area (Å²) < 4.78 is 24.4. The third-order valence-electron chi connectivity index (χ3n) is 2.77. The van der Waals surface area contributed by atoms with Crippen LogP contribution in [0.3, 0.4) is 0 Å². The van der Waals surface area contributed by atoms with Gasteiger partial charge in [-0.25, -0.2) is 8.42 Å². The molecule has 16 heavy (non-hydrogen) atoms. The van der Waals surface area contributed by atoms with Gasteiger partial charge in [0, 0.05) is 26.2 Å². The second-order valence-electron chi connectivity index (χ2n) is 4.86. The van der Waals surface area contributed by atoms with Gasteiger partial charge in [0.15, 0.2) is 0 Å². The van der Waals surface area contributed by atoms with Crippen molar-refractivity contribution in [1.82, 2.24) is 9.21 Å². The highest BCUT2D eigenvalue weighted by atomic mass is 32.2. The van der Waals surface area contributed by atoms with Crippen LogP contribution in [-0.4, -0.2) is 67.8 Å². The molecule has 1 saturated heterocycles. The summed E-state index contributed by atoms with van der Waals surface area (Å²) in [6.07, 6.45) is 1.20. The number of hydrogen-bond acceptors (Lipinski definition) is 4. The van der Waals surface area contributed by atoms with E-state index in [2.05, 4.69) is 18.7 Å². The van der Waals surface area contributed by atoms with E-state index in [-0.39, 0.29) is 12.6 Å². The molecule has 1 aliphatic heterocycles. The van der Waals surface area contributed by atoms with Crippen molar-refractivity contribution in [3.63, 3.8) is 0 Å². The first-order valence-corrected chi connectivity index (χ1v) is 7.49. The van der Waals surface area contributed by atoms with E-state index in [1.165, 1.54) is 10.6 Å². The van der Waals surface area contributed by atoms with Gasteiger partial charge >= 0.3 is 0 Å². The molecular weight excluding hydrogens is 228 g/mol. The normalized spacial score (nSPS) is 25.2. The van der Waals surface area contributed by atoms with Crippen LogP contribution in [0.1, 0.15) is 13.8 Å². The topological polar surface area (TPSA) is 60.9 Å². The summed E-state index contributed by atoms with van der Waals surface area (Å²) in [6, 6.07) is -0.289. The third-order valence-corrected chi connectivity index (χ3v) is 4.11. The average molecular weight is 250 g/mol. The lowest BCUT2D eigenvalue weighted by Gasteiger charge is -2.39. The molecule has 0 radical (unpaired) electrons. The lowest BCUT2D eigenvalue weighted by atomic mass is 10.1. The Bertz CT molecular complexity index is 316. The Morgan fingerprint density at radius 2 is 2.00 bits per heavy atom. The number of nitrogens with zero attached hydrogens (tertiary/aromatic N) is 2. The first-order valence-electron chi connectivity index (χ1n) is 5.64. The fraction of sp³-hybridized carbons (Fsp3) is 1.00. The Labute approximate surface area is 98.1 Å². The Morgan fingerprint density at radius 1 is 1.38 bits per heavy atom. The molecule has 1 atom stereocenters. The van der Waals surface area contributed by atoms with Crippen molar-refractivity contribution in [3.8, 4) is 0 Å². The van der Waals surface area contributed by atoms with Gasteiger partial charge < -0.3 is 10.0 Å². The Morgan fingerprint density at radius 3 is 2.44 bits per heavy atom. The zero-order chi connectivity index (χ0) is 12.3. The van der Waals surface area contributed by atoms with E-state index in [1.807, 2.05) is 0 Å². The molecule has 0 aromatic rings. The van der Waals surface area contributed by atoms with Crippen molar-refractivity contribution < 1.29 is 13.5 Å². The zero-order valence-corrected chi connectivity index (χ0v) is 11.1. The highest BCUT2D eigenvalue weighted by molar-refractivity contribution is 7.88. The summed E-state index contributed by atoms with van der Waals surface area (Å²) in [5.74, 6) is 0.559. The first-order chi connectivity index (χ1) is 7.34. The summed E-state index contributed by atoms with van der Waals surface area (Å²) in [7, 11) is -3.19. The summed E-state index contributed by atoms with van der Waals surface area (Å²) >= 11 is 0. The molecule has 0 bridgehead atoms. The number of rotatable bonds is 4. The van der Waals surface area contributed by atoms with Crippen LogP contribution >= 0.6 is 0 Å². The summed E-state index contributed by atoms with van der Waals surface area (Å²) in [4.78, 5) is 2.22. The molecule has 1 heterocycles. The van der Waals surface area contributed by atoms with Gasteiger partial charge in [-0.3, -0.25) is 0 Å². The van der Waals surface area contributed by atoms with Crippen molar-refractivity contribution in [2.75, 3.05) is 39.0 Å². The molecule has 96 valence electrons. The van der Waals surface area contributed by atoms with E-state index in [0.29, 0.717) is 19.0 Å². The van der Waals surface area contributed by atoms with Gasteiger partial charge in [-0.2, -0.15) is 4.31 Å². The molecule has 1 rings (SSSR count). The number of aliphatic hydroxyl groups is 1. The van der Waals surface area contributed by atoms with Crippen LogP contribution in [0.2, 0.25) is 0 Å². The summed E-state index contributed by atoms with van der Waals surface area (Å²) in [5, 5.41) is 9.24. The lowest BCUT2D eigenvalue weighted by molar-refractivity contribution is 0.0850. The Hall–Kier alpha value is -0.170. The summed E-state index contributed by atoms with van der Waals surface area (Å²) in [6.45, 7) is 6.98. The third kappa shape index (κ3) is 3.69. The van der Waals surface area contributed by atoms with Gasteiger partial charge in [0.05, 0.1) is 18.9 Å².